The van der Waals surface area contributed by atoms with Crippen molar-refractivity contribution in [2.45, 2.75) is 0 Å². The highest BCUT2D eigenvalue weighted by Gasteiger charge is 1.91. The highest BCUT2D eigenvalue weighted by atomic mass is 35.5. The van der Waals surface area contributed by atoms with Crippen molar-refractivity contribution in [3.63, 3.8) is 0 Å². The minimum atomic E-state index is 0.756. The van der Waals surface area contributed by atoms with Crippen LogP contribution in [0.4, 0.5) is 0 Å². The molecule has 0 N–H and O–H groups in total. The molecule has 0 saturated heterocycles. The predicted octanol–water partition coefficient (Wildman–Crippen LogP) is 4.52. The third kappa shape index (κ3) is 3.36. The molecule has 0 saturated carbocycles. The highest BCUT2D eigenvalue weighted by molar-refractivity contribution is 6.30. The molecule has 0 aliphatic carbocycles. The van der Waals surface area contributed by atoms with Crippen molar-refractivity contribution in [3.05, 3.63) is 64.7 Å². The number of rotatable bonds is 3. The Morgan fingerprint density at radius 2 is 1.29 bits per heavy atom. The van der Waals surface area contributed by atoms with Crippen LogP contribution in [-0.4, -0.2) is 7.11 Å². The van der Waals surface area contributed by atoms with Gasteiger partial charge in [-0.3, -0.25) is 0 Å². The molecule has 86 valence electrons. The van der Waals surface area contributed by atoms with Crippen LogP contribution in [0.15, 0.2) is 48.5 Å². The molecule has 0 aliphatic heterocycles. The molecule has 0 aromatic heterocycles. The van der Waals surface area contributed by atoms with Crippen LogP contribution in [0.1, 0.15) is 11.1 Å². The van der Waals surface area contributed by atoms with Gasteiger partial charge in [0.2, 0.25) is 0 Å². The molecule has 2 aromatic rings. The average Bonchev–Trinajstić information content (AvgIpc) is 2.39. The molecule has 17 heavy (non-hydrogen) atoms. The maximum Gasteiger partial charge on any atom is 0.118 e. The molecular formula is C15H13ClO. The predicted molar refractivity (Wildman–Crippen MR) is 73.4 cm³/mol. The van der Waals surface area contributed by atoms with Gasteiger partial charge in [-0.15, -0.1) is 0 Å². The number of ether oxygens (including phenoxy) is 1. The Labute approximate surface area is 106 Å². The summed E-state index contributed by atoms with van der Waals surface area (Å²) < 4.78 is 5.11. The molecule has 2 rings (SSSR count). The van der Waals surface area contributed by atoms with Crippen molar-refractivity contribution in [1.82, 2.24) is 0 Å². The summed E-state index contributed by atoms with van der Waals surface area (Å²) in [5, 5.41) is 0.756. The van der Waals surface area contributed by atoms with E-state index in [0.717, 1.165) is 21.9 Å². The van der Waals surface area contributed by atoms with E-state index in [4.69, 9.17) is 16.3 Å². The maximum atomic E-state index is 5.82. The number of halogens is 1. The topological polar surface area (TPSA) is 9.23 Å². The van der Waals surface area contributed by atoms with Crippen LogP contribution in [0, 0.1) is 0 Å². The minimum Gasteiger partial charge on any atom is -0.497 e. The van der Waals surface area contributed by atoms with E-state index >= 15 is 0 Å². The van der Waals surface area contributed by atoms with E-state index in [0.29, 0.717) is 0 Å². The summed E-state index contributed by atoms with van der Waals surface area (Å²) in [6, 6.07) is 15.7. The zero-order valence-electron chi connectivity index (χ0n) is 9.56. The molecule has 0 fully saturated rings. The summed E-state index contributed by atoms with van der Waals surface area (Å²) >= 11 is 5.82. The normalized spacial score (nSPS) is 10.7. The first kappa shape index (κ1) is 11.7. The van der Waals surface area contributed by atoms with Crippen LogP contribution < -0.4 is 4.74 Å². The molecule has 0 amide bonds. The first-order valence-electron chi connectivity index (χ1n) is 5.35. The number of hydrogen-bond donors (Lipinski definition) is 0. The third-order valence-corrected chi connectivity index (χ3v) is 2.71. The van der Waals surface area contributed by atoms with Crippen LogP contribution in [0.3, 0.4) is 0 Å². The summed E-state index contributed by atoms with van der Waals surface area (Å²) in [5.74, 6) is 0.869. The molecule has 2 heteroatoms. The van der Waals surface area contributed by atoms with Gasteiger partial charge in [0.15, 0.2) is 0 Å². The summed E-state index contributed by atoms with van der Waals surface area (Å²) in [6.45, 7) is 0. The molecule has 0 atom stereocenters. The van der Waals surface area contributed by atoms with E-state index < -0.39 is 0 Å². The Morgan fingerprint density at radius 3 is 1.76 bits per heavy atom. The van der Waals surface area contributed by atoms with Gasteiger partial charge in [0.1, 0.15) is 5.75 Å². The summed E-state index contributed by atoms with van der Waals surface area (Å²) in [4.78, 5) is 0. The second kappa shape index (κ2) is 5.55. The fraction of sp³-hybridized carbons (Fsp3) is 0.0667. The first-order chi connectivity index (χ1) is 8.28. The van der Waals surface area contributed by atoms with Crippen molar-refractivity contribution < 1.29 is 4.74 Å². The number of methoxy groups -OCH3 is 1. The van der Waals surface area contributed by atoms with Crippen LogP contribution in [0.25, 0.3) is 12.2 Å². The van der Waals surface area contributed by atoms with Gasteiger partial charge in [0.25, 0.3) is 0 Å². The fourth-order valence-corrected chi connectivity index (χ4v) is 1.61. The van der Waals surface area contributed by atoms with Crippen LogP contribution in [0.2, 0.25) is 5.02 Å². The average molecular weight is 245 g/mol. The van der Waals surface area contributed by atoms with Crippen molar-refractivity contribution in [3.8, 4) is 5.75 Å². The second-order valence-corrected chi connectivity index (χ2v) is 4.09. The quantitative estimate of drug-likeness (QED) is 0.722. The van der Waals surface area contributed by atoms with Gasteiger partial charge < -0.3 is 4.74 Å². The minimum absolute atomic E-state index is 0.756. The molecule has 0 radical (unpaired) electrons. The second-order valence-electron chi connectivity index (χ2n) is 3.66. The zero-order chi connectivity index (χ0) is 12.1. The van der Waals surface area contributed by atoms with Crippen molar-refractivity contribution in [1.29, 1.82) is 0 Å². The van der Waals surface area contributed by atoms with E-state index in [1.54, 1.807) is 7.11 Å². The Balaban J connectivity index is 2.11. The van der Waals surface area contributed by atoms with Crippen molar-refractivity contribution in [2.24, 2.45) is 0 Å². The van der Waals surface area contributed by atoms with Crippen LogP contribution >= 0.6 is 11.6 Å². The highest BCUT2D eigenvalue weighted by Crippen LogP contribution is 2.15. The molecule has 0 bridgehead atoms. The van der Waals surface area contributed by atoms with Crippen LogP contribution in [0.5, 0.6) is 5.75 Å². The molecule has 2 aromatic carbocycles. The monoisotopic (exact) mass is 244 g/mol. The van der Waals surface area contributed by atoms with Crippen LogP contribution in [-0.2, 0) is 0 Å². The Bertz CT molecular complexity index is 497. The van der Waals surface area contributed by atoms with Gasteiger partial charge in [0, 0.05) is 5.02 Å². The van der Waals surface area contributed by atoms with Crippen molar-refractivity contribution >= 4 is 23.8 Å². The largest absolute Gasteiger partial charge is 0.497 e. The molecular weight excluding hydrogens is 232 g/mol. The van der Waals surface area contributed by atoms with E-state index in [1.807, 2.05) is 48.5 Å². The number of benzene rings is 2. The number of hydrogen-bond acceptors (Lipinski definition) is 1. The van der Waals surface area contributed by atoms with Gasteiger partial charge in [-0.25, -0.2) is 0 Å². The van der Waals surface area contributed by atoms with Crippen molar-refractivity contribution in [2.75, 3.05) is 7.11 Å². The Hall–Kier alpha value is -1.73. The lowest BCUT2D eigenvalue weighted by Gasteiger charge is -1.99. The molecule has 0 unspecified atom stereocenters. The van der Waals surface area contributed by atoms with E-state index in [1.165, 1.54) is 0 Å². The summed E-state index contributed by atoms with van der Waals surface area (Å²) in [6.07, 6.45) is 4.11. The first-order valence-corrected chi connectivity index (χ1v) is 5.73. The molecule has 1 nitrogen and oxygen atoms in total. The SMILES string of the molecule is COc1ccc(/C=C/c2ccc(Cl)cc2)cc1. The van der Waals surface area contributed by atoms with Gasteiger partial charge in [0.05, 0.1) is 7.11 Å². The van der Waals surface area contributed by atoms with Gasteiger partial charge >= 0.3 is 0 Å². The molecule has 0 heterocycles. The van der Waals surface area contributed by atoms with Gasteiger partial charge in [-0.05, 0) is 35.4 Å². The Kier molecular flexibility index (Phi) is 3.84. The third-order valence-electron chi connectivity index (χ3n) is 2.45. The summed E-state index contributed by atoms with van der Waals surface area (Å²) in [7, 11) is 1.67. The molecule has 0 spiro atoms. The standard InChI is InChI=1S/C15H13ClO/c1-17-15-10-6-13(7-11-15)3-2-12-4-8-14(16)9-5-12/h2-11H,1H3/b3-2+. The smallest absolute Gasteiger partial charge is 0.118 e. The summed E-state index contributed by atoms with van der Waals surface area (Å²) in [5.41, 5.74) is 2.27. The lowest BCUT2D eigenvalue weighted by Crippen LogP contribution is -1.81. The maximum absolute atomic E-state index is 5.82. The van der Waals surface area contributed by atoms with E-state index in [-0.39, 0.29) is 0 Å². The lowest BCUT2D eigenvalue weighted by atomic mass is 10.1. The van der Waals surface area contributed by atoms with Gasteiger partial charge in [-0.1, -0.05) is 48.0 Å². The fourth-order valence-electron chi connectivity index (χ4n) is 1.48. The van der Waals surface area contributed by atoms with E-state index in [9.17, 15) is 0 Å². The molecule has 0 aliphatic rings. The Morgan fingerprint density at radius 1 is 0.824 bits per heavy atom. The zero-order valence-corrected chi connectivity index (χ0v) is 10.3. The van der Waals surface area contributed by atoms with E-state index in [2.05, 4.69) is 12.2 Å². The lowest BCUT2D eigenvalue weighted by molar-refractivity contribution is 0.415. The van der Waals surface area contributed by atoms with Gasteiger partial charge in [-0.2, -0.15) is 0 Å².